The maximum absolute atomic E-state index is 13.1. The van der Waals surface area contributed by atoms with E-state index >= 15 is 0 Å². The van der Waals surface area contributed by atoms with E-state index in [9.17, 15) is 8.42 Å². The van der Waals surface area contributed by atoms with Gasteiger partial charge in [0.1, 0.15) is 6.10 Å². The molecule has 0 radical (unpaired) electrons. The molecule has 0 fully saturated rings. The van der Waals surface area contributed by atoms with Crippen molar-refractivity contribution in [1.29, 1.82) is 0 Å². The Balaban J connectivity index is 1.51. The second-order valence-electron chi connectivity index (χ2n) is 7.90. The SMILES string of the molecule is Cc1ccc(S(=O)(=O)NC(Cc2ccccc2)C2CC(Cc3ccccc3)=NO2)cc1. The number of benzene rings is 3. The van der Waals surface area contributed by atoms with E-state index in [-0.39, 0.29) is 11.0 Å². The van der Waals surface area contributed by atoms with Gasteiger partial charge in [-0.3, -0.25) is 0 Å². The first-order chi connectivity index (χ1) is 15.0. The number of hydrogen-bond donors (Lipinski definition) is 1. The lowest BCUT2D eigenvalue weighted by Crippen LogP contribution is -2.45. The summed E-state index contributed by atoms with van der Waals surface area (Å²) in [5, 5.41) is 4.27. The fraction of sp³-hybridized carbons (Fsp3) is 0.240. The second kappa shape index (κ2) is 9.45. The van der Waals surface area contributed by atoms with Crippen LogP contribution in [0.4, 0.5) is 0 Å². The number of nitrogens with zero attached hydrogens (tertiary/aromatic N) is 1. The van der Waals surface area contributed by atoms with Crippen LogP contribution in [0, 0.1) is 6.92 Å². The molecule has 31 heavy (non-hydrogen) atoms. The highest BCUT2D eigenvalue weighted by Crippen LogP contribution is 2.22. The third-order valence-electron chi connectivity index (χ3n) is 5.39. The maximum atomic E-state index is 13.1. The molecule has 1 heterocycles. The van der Waals surface area contributed by atoms with Crippen LogP contribution >= 0.6 is 0 Å². The Morgan fingerprint density at radius 2 is 1.55 bits per heavy atom. The molecule has 1 aliphatic rings. The average molecular weight is 435 g/mol. The monoisotopic (exact) mass is 434 g/mol. The molecule has 0 saturated heterocycles. The fourth-order valence-electron chi connectivity index (χ4n) is 3.70. The Hall–Kier alpha value is -2.96. The van der Waals surface area contributed by atoms with E-state index in [1.54, 1.807) is 24.3 Å². The quantitative estimate of drug-likeness (QED) is 0.576. The van der Waals surface area contributed by atoms with Gasteiger partial charge in [0.05, 0.1) is 16.6 Å². The number of sulfonamides is 1. The minimum Gasteiger partial charge on any atom is -0.390 e. The summed E-state index contributed by atoms with van der Waals surface area (Å²) in [5.74, 6) is 0. The first-order valence-electron chi connectivity index (χ1n) is 10.4. The van der Waals surface area contributed by atoms with Crippen LogP contribution in [0.5, 0.6) is 0 Å². The van der Waals surface area contributed by atoms with Crippen LogP contribution in [0.2, 0.25) is 0 Å². The molecule has 5 nitrogen and oxygen atoms in total. The minimum atomic E-state index is -3.69. The number of nitrogens with one attached hydrogen (secondary N) is 1. The van der Waals surface area contributed by atoms with Gasteiger partial charge >= 0.3 is 0 Å². The Morgan fingerprint density at radius 1 is 0.935 bits per heavy atom. The van der Waals surface area contributed by atoms with E-state index in [1.807, 2.05) is 55.5 Å². The summed E-state index contributed by atoms with van der Waals surface area (Å²) in [6.45, 7) is 1.93. The number of hydrogen-bond acceptors (Lipinski definition) is 4. The van der Waals surface area contributed by atoms with E-state index in [1.165, 1.54) is 0 Å². The van der Waals surface area contributed by atoms with Crippen molar-refractivity contribution in [2.75, 3.05) is 0 Å². The summed E-state index contributed by atoms with van der Waals surface area (Å²) >= 11 is 0. The molecule has 0 aromatic heterocycles. The van der Waals surface area contributed by atoms with Gasteiger partial charge in [-0.1, -0.05) is 83.5 Å². The third-order valence-corrected chi connectivity index (χ3v) is 6.90. The van der Waals surface area contributed by atoms with E-state index in [0.29, 0.717) is 19.3 Å². The first-order valence-corrected chi connectivity index (χ1v) is 11.9. The zero-order chi connectivity index (χ0) is 21.7. The zero-order valence-electron chi connectivity index (χ0n) is 17.4. The predicted molar refractivity (Wildman–Crippen MR) is 123 cm³/mol. The molecule has 2 unspecified atom stereocenters. The highest BCUT2D eigenvalue weighted by molar-refractivity contribution is 7.89. The lowest BCUT2D eigenvalue weighted by Gasteiger charge is -2.23. The second-order valence-corrected chi connectivity index (χ2v) is 9.61. The van der Waals surface area contributed by atoms with Crippen molar-refractivity contribution in [3.05, 3.63) is 102 Å². The van der Waals surface area contributed by atoms with Gasteiger partial charge in [-0.15, -0.1) is 0 Å². The molecule has 3 aromatic carbocycles. The average Bonchev–Trinajstić information content (AvgIpc) is 3.23. The van der Waals surface area contributed by atoms with E-state index in [0.717, 1.165) is 22.4 Å². The fourth-order valence-corrected chi connectivity index (χ4v) is 4.97. The molecule has 0 amide bonds. The molecule has 160 valence electrons. The molecule has 4 rings (SSSR count). The predicted octanol–water partition coefficient (Wildman–Crippen LogP) is 4.27. The Bertz CT molecular complexity index is 1130. The maximum Gasteiger partial charge on any atom is 0.240 e. The Kier molecular flexibility index (Phi) is 6.49. The van der Waals surface area contributed by atoms with Gasteiger partial charge in [-0.05, 0) is 36.6 Å². The number of oxime groups is 1. The van der Waals surface area contributed by atoms with Crippen molar-refractivity contribution in [2.45, 2.75) is 43.2 Å². The van der Waals surface area contributed by atoms with Gasteiger partial charge in [-0.25, -0.2) is 13.1 Å². The Morgan fingerprint density at radius 3 is 2.19 bits per heavy atom. The van der Waals surface area contributed by atoms with Gasteiger partial charge in [0, 0.05) is 12.8 Å². The molecule has 0 saturated carbocycles. The molecule has 0 spiro atoms. The van der Waals surface area contributed by atoms with Crippen LogP contribution in [0.15, 0.2) is 95.0 Å². The zero-order valence-corrected chi connectivity index (χ0v) is 18.3. The lowest BCUT2D eigenvalue weighted by atomic mass is 9.97. The third kappa shape index (κ3) is 5.60. The number of aryl methyl sites for hydroxylation is 1. The largest absolute Gasteiger partial charge is 0.390 e. The van der Waals surface area contributed by atoms with E-state index in [2.05, 4.69) is 22.0 Å². The van der Waals surface area contributed by atoms with Crippen molar-refractivity contribution < 1.29 is 13.3 Å². The normalized spacial score (nSPS) is 17.1. The topological polar surface area (TPSA) is 67.8 Å². The van der Waals surface area contributed by atoms with Crippen molar-refractivity contribution in [2.24, 2.45) is 5.16 Å². The molecule has 0 aliphatic carbocycles. The summed E-state index contributed by atoms with van der Waals surface area (Å²) in [4.78, 5) is 5.98. The molecule has 0 bridgehead atoms. The van der Waals surface area contributed by atoms with Crippen molar-refractivity contribution >= 4 is 15.7 Å². The van der Waals surface area contributed by atoms with Gasteiger partial charge < -0.3 is 4.84 Å². The highest BCUT2D eigenvalue weighted by Gasteiger charge is 2.33. The van der Waals surface area contributed by atoms with E-state index < -0.39 is 16.1 Å². The van der Waals surface area contributed by atoms with E-state index in [4.69, 9.17) is 4.84 Å². The van der Waals surface area contributed by atoms with Gasteiger partial charge in [0.2, 0.25) is 10.0 Å². The standard InChI is InChI=1S/C25H26N2O3S/c1-19-12-14-23(15-13-19)31(28,29)27-24(17-21-10-6-3-7-11-21)25-18-22(26-30-25)16-20-8-4-2-5-9-20/h2-15,24-25,27H,16-18H2,1H3. The van der Waals surface area contributed by atoms with Crippen LogP contribution < -0.4 is 4.72 Å². The first kappa shape index (κ1) is 21.3. The summed E-state index contributed by atoms with van der Waals surface area (Å²) in [6, 6.07) is 26.3. The number of rotatable bonds is 8. The van der Waals surface area contributed by atoms with Crippen molar-refractivity contribution in [1.82, 2.24) is 4.72 Å². The summed E-state index contributed by atoms with van der Waals surface area (Å²) in [5.41, 5.74) is 4.13. The molecule has 1 N–H and O–H groups in total. The smallest absolute Gasteiger partial charge is 0.240 e. The molecule has 1 aliphatic heterocycles. The van der Waals surface area contributed by atoms with Crippen molar-refractivity contribution in [3.63, 3.8) is 0 Å². The lowest BCUT2D eigenvalue weighted by molar-refractivity contribution is 0.0615. The molecule has 3 aromatic rings. The molecule has 2 atom stereocenters. The molecule has 6 heteroatoms. The Labute approximate surface area is 183 Å². The molecular formula is C25H26N2O3S. The molecular weight excluding hydrogens is 408 g/mol. The summed E-state index contributed by atoms with van der Waals surface area (Å²) in [7, 11) is -3.69. The van der Waals surface area contributed by atoms with Crippen LogP contribution in [0.25, 0.3) is 0 Å². The van der Waals surface area contributed by atoms with Crippen LogP contribution in [-0.4, -0.2) is 26.3 Å². The summed E-state index contributed by atoms with van der Waals surface area (Å²) < 4.78 is 29.0. The van der Waals surface area contributed by atoms with Crippen LogP contribution in [0.3, 0.4) is 0 Å². The van der Waals surface area contributed by atoms with Crippen molar-refractivity contribution in [3.8, 4) is 0 Å². The van der Waals surface area contributed by atoms with Gasteiger partial charge in [0.25, 0.3) is 0 Å². The highest BCUT2D eigenvalue weighted by atomic mass is 32.2. The van der Waals surface area contributed by atoms with Crippen LogP contribution in [-0.2, 0) is 27.7 Å². The summed E-state index contributed by atoms with van der Waals surface area (Å²) in [6.07, 6.45) is 1.44. The minimum absolute atomic E-state index is 0.250. The van der Waals surface area contributed by atoms with Crippen LogP contribution in [0.1, 0.15) is 23.1 Å². The van der Waals surface area contributed by atoms with Gasteiger partial charge in [0.15, 0.2) is 0 Å². The van der Waals surface area contributed by atoms with Gasteiger partial charge in [-0.2, -0.15) is 0 Å².